The summed E-state index contributed by atoms with van der Waals surface area (Å²) in [6, 6.07) is 5.88. The molecular formula is C11H12N2O. The molecule has 1 aromatic carbocycles. The molecule has 0 aliphatic heterocycles. The number of hydrogen-bond donors (Lipinski definition) is 1. The lowest BCUT2D eigenvalue weighted by molar-refractivity contribution is 0.415. The van der Waals surface area contributed by atoms with Crippen molar-refractivity contribution >= 4 is 17.1 Å². The van der Waals surface area contributed by atoms with Crippen molar-refractivity contribution in [3.8, 4) is 5.75 Å². The molecule has 0 saturated carbocycles. The van der Waals surface area contributed by atoms with Crippen LogP contribution in [0.5, 0.6) is 5.75 Å². The van der Waals surface area contributed by atoms with Crippen molar-refractivity contribution < 1.29 is 4.74 Å². The van der Waals surface area contributed by atoms with Crippen LogP contribution in [0.2, 0.25) is 0 Å². The molecule has 72 valence electrons. The maximum absolute atomic E-state index is 7.29. The van der Waals surface area contributed by atoms with Crippen LogP contribution in [0, 0.1) is 5.41 Å². The summed E-state index contributed by atoms with van der Waals surface area (Å²) in [6.45, 7) is 0. The summed E-state index contributed by atoms with van der Waals surface area (Å²) in [5, 5.41) is 8.34. The van der Waals surface area contributed by atoms with Crippen LogP contribution in [0.15, 0.2) is 24.4 Å². The second-order valence-corrected chi connectivity index (χ2v) is 3.22. The SMILES string of the molecule is COc1ccc2c(c1)c(C=N)cn2C. The van der Waals surface area contributed by atoms with Crippen molar-refractivity contribution in [1.82, 2.24) is 4.57 Å². The Morgan fingerprint density at radius 1 is 1.43 bits per heavy atom. The van der Waals surface area contributed by atoms with E-state index in [0.717, 1.165) is 22.2 Å². The smallest absolute Gasteiger partial charge is 0.119 e. The maximum Gasteiger partial charge on any atom is 0.119 e. The summed E-state index contributed by atoms with van der Waals surface area (Å²) in [6.07, 6.45) is 3.30. The van der Waals surface area contributed by atoms with Crippen LogP contribution in [0.3, 0.4) is 0 Å². The number of aryl methyl sites for hydroxylation is 1. The standard InChI is InChI=1S/C11H12N2O/c1-13-7-8(6-12)10-5-9(14-2)3-4-11(10)13/h3-7,12H,1-2H3. The zero-order valence-electron chi connectivity index (χ0n) is 8.24. The Hall–Kier alpha value is -1.77. The van der Waals surface area contributed by atoms with Gasteiger partial charge in [-0.1, -0.05) is 0 Å². The van der Waals surface area contributed by atoms with Crippen LogP contribution in [0.1, 0.15) is 5.56 Å². The number of ether oxygens (including phenoxy) is 1. The number of fused-ring (bicyclic) bond motifs is 1. The number of rotatable bonds is 2. The Morgan fingerprint density at radius 3 is 2.86 bits per heavy atom. The van der Waals surface area contributed by atoms with Crippen molar-refractivity contribution in [2.24, 2.45) is 7.05 Å². The molecule has 0 fully saturated rings. The summed E-state index contributed by atoms with van der Waals surface area (Å²) in [7, 11) is 3.62. The molecule has 2 aromatic rings. The Kier molecular flexibility index (Phi) is 2.00. The van der Waals surface area contributed by atoms with Gasteiger partial charge in [-0.3, -0.25) is 0 Å². The Morgan fingerprint density at radius 2 is 2.21 bits per heavy atom. The molecule has 3 heteroatoms. The highest BCUT2D eigenvalue weighted by atomic mass is 16.5. The van der Waals surface area contributed by atoms with Crippen LogP contribution < -0.4 is 4.74 Å². The predicted molar refractivity (Wildman–Crippen MR) is 57.4 cm³/mol. The van der Waals surface area contributed by atoms with Gasteiger partial charge in [-0.15, -0.1) is 0 Å². The van der Waals surface area contributed by atoms with E-state index in [9.17, 15) is 0 Å². The lowest BCUT2D eigenvalue weighted by Crippen LogP contribution is -1.85. The fourth-order valence-electron chi connectivity index (χ4n) is 1.64. The second-order valence-electron chi connectivity index (χ2n) is 3.22. The molecule has 0 unspecified atom stereocenters. The van der Waals surface area contributed by atoms with Crippen molar-refractivity contribution in [2.75, 3.05) is 7.11 Å². The molecule has 14 heavy (non-hydrogen) atoms. The quantitative estimate of drug-likeness (QED) is 0.721. The Labute approximate surface area is 82.4 Å². The van der Waals surface area contributed by atoms with Gasteiger partial charge in [0.05, 0.1) is 7.11 Å². The third-order valence-corrected chi connectivity index (χ3v) is 2.38. The summed E-state index contributed by atoms with van der Waals surface area (Å²) in [5.41, 5.74) is 2.03. The van der Waals surface area contributed by atoms with E-state index < -0.39 is 0 Å². The first-order valence-electron chi connectivity index (χ1n) is 4.40. The van der Waals surface area contributed by atoms with Gasteiger partial charge in [-0.05, 0) is 18.2 Å². The van der Waals surface area contributed by atoms with Crippen LogP contribution >= 0.6 is 0 Å². The lowest BCUT2D eigenvalue weighted by Gasteiger charge is -2.00. The van der Waals surface area contributed by atoms with Crippen LogP contribution in [-0.2, 0) is 7.05 Å². The van der Waals surface area contributed by atoms with Crippen molar-refractivity contribution in [2.45, 2.75) is 0 Å². The van der Waals surface area contributed by atoms with Crippen LogP contribution in [-0.4, -0.2) is 17.9 Å². The number of aromatic nitrogens is 1. The molecule has 1 N–H and O–H groups in total. The summed E-state index contributed by atoms with van der Waals surface area (Å²) < 4.78 is 7.16. The number of hydrogen-bond acceptors (Lipinski definition) is 2. The van der Waals surface area contributed by atoms with E-state index in [1.165, 1.54) is 6.21 Å². The van der Waals surface area contributed by atoms with E-state index in [4.69, 9.17) is 10.1 Å². The van der Waals surface area contributed by atoms with Crippen LogP contribution in [0.4, 0.5) is 0 Å². The van der Waals surface area contributed by atoms with E-state index in [2.05, 4.69) is 0 Å². The highest BCUT2D eigenvalue weighted by molar-refractivity contribution is 5.99. The highest BCUT2D eigenvalue weighted by Gasteiger charge is 2.05. The molecule has 3 nitrogen and oxygen atoms in total. The topological polar surface area (TPSA) is 38.0 Å². The molecular weight excluding hydrogens is 176 g/mol. The number of nitrogens with one attached hydrogen (secondary N) is 1. The number of nitrogens with zero attached hydrogens (tertiary/aromatic N) is 1. The average Bonchev–Trinajstić information content (AvgIpc) is 2.55. The molecule has 1 heterocycles. The fraction of sp³-hybridized carbons (Fsp3) is 0.182. The van der Waals surface area contributed by atoms with Gasteiger partial charge >= 0.3 is 0 Å². The third-order valence-electron chi connectivity index (χ3n) is 2.38. The van der Waals surface area contributed by atoms with Gasteiger partial charge in [0.15, 0.2) is 0 Å². The minimum atomic E-state index is 0.826. The van der Waals surface area contributed by atoms with Gasteiger partial charge in [-0.25, -0.2) is 0 Å². The predicted octanol–water partition coefficient (Wildman–Crippen LogP) is 2.18. The van der Waals surface area contributed by atoms with Gasteiger partial charge in [0.1, 0.15) is 5.75 Å². The molecule has 2 rings (SSSR count). The molecule has 0 aliphatic rings. The molecule has 0 spiro atoms. The first-order valence-corrected chi connectivity index (χ1v) is 4.40. The van der Waals surface area contributed by atoms with Gasteiger partial charge in [0, 0.05) is 35.9 Å². The lowest BCUT2D eigenvalue weighted by atomic mass is 10.2. The van der Waals surface area contributed by atoms with Crippen molar-refractivity contribution in [3.05, 3.63) is 30.0 Å². The molecule has 0 bridgehead atoms. The van der Waals surface area contributed by atoms with Gasteiger partial charge in [0.2, 0.25) is 0 Å². The minimum Gasteiger partial charge on any atom is -0.497 e. The summed E-state index contributed by atoms with van der Waals surface area (Å²) >= 11 is 0. The summed E-state index contributed by atoms with van der Waals surface area (Å²) in [4.78, 5) is 0. The van der Waals surface area contributed by atoms with Gasteiger partial charge in [-0.2, -0.15) is 0 Å². The normalized spacial score (nSPS) is 10.4. The van der Waals surface area contributed by atoms with Gasteiger partial charge in [0.25, 0.3) is 0 Å². The van der Waals surface area contributed by atoms with E-state index >= 15 is 0 Å². The molecule has 0 amide bonds. The average molecular weight is 188 g/mol. The van der Waals surface area contributed by atoms with Gasteiger partial charge < -0.3 is 14.7 Å². The largest absolute Gasteiger partial charge is 0.497 e. The molecule has 0 radical (unpaired) electrons. The first kappa shape index (κ1) is 8.81. The molecule has 1 aromatic heterocycles. The second kappa shape index (κ2) is 3.18. The molecule has 0 saturated heterocycles. The Bertz CT molecular complexity index is 485. The third kappa shape index (κ3) is 1.18. The number of methoxy groups -OCH3 is 1. The fourth-order valence-corrected chi connectivity index (χ4v) is 1.64. The van der Waals surface area contributed by atoms with E-state index in [0.29, 0.717) is 0 Å². The maximum atomic E-state index is 7.29. The monoisotopic (exact) mass is 188 g/mol. The highest BCUT2D eigenvalue weighted by Crippen LogP contribution is 2.24. The Balaban J connectivity index is 2.77. The minimum absolute atomic E-state index is 0.826. The van der Waals surface area contributed by atoms with E-state index in [1.807, 2.05) is 36.0 Å². The molecule has 0 aliphatic carbocycles. The van der Waals surface area contributed by atoms with Crippen molar-refractivity contribution in [1.29, 1.82) is 5.41 Å². The summed E-state index contributed by atoms with van der Waals surface area (Å²) in [5.74, 6) is 0.826. The number of benzene rings is 1. The van der Waals surface area contributed by atoms with Crippen molar-refractivity contribution in [3.63, 3.8) is 0 Å². The van der Waals surface area contributed by atoms with Crippen LogP contribution in [0.25, 0.3) is 10.9 Å². The van der Waals surface area contributed by atoms with E-state index in [-0.39, 0.29) is 0 Å². The van der Waals surface area contributed by atoms with E-state index in [1.54, 1.807) is 7.11 Å². The zero-order chi connectivity index (χ0) is 10.1. The first-order chi connectivity index (χ1) is 6.76. The molecule has 0 atom stereocenters. The zero-order valence-corrected chi connectivity index (χ0v) is 8.24.